The molecule has 2 aromatic heterocycles. The Morgan fingerprint density at radius 1 is 0.417 bits per heavy atom. The number of rotatable bonds is 36. The molecule has 0 aliphatic heterocycles. The van der Waals surface area contributed by atoms with E-state index in [9.17, 15) is 9.59 Å². The van der Waals surface area contributed by atoms with Gasteiger partial charge in [0.05, 0.1) is 117 Å². The number of hydrogen-bond donors (Lipinski definition) is 2. The van der Waals surface area contributed by atoms with Crippen molar-refractivity contribution in [3.8, 4) is 39.8 Å². The van der Waals surface area contributed by atoms with E-state index in [1.54, 1.807) is 51.7 Å². The van der Waals surface area contributed by atoms with Gasteiger partial charge in [-0.3, -0.25) is 9.59 Å². The zero-order valence-corrected chi connectivity index (χ0v) is 35.0. The molecule has 16 heteroatoms. The molecule has 0 unspecified atom stereocenters. The Kier molecular flexibility index (Phi) is 23.7. The van der Waals surface area contributed by atoms with Crippen molar-refractivity contribution in [3.63, 3.8) is 0 Å². The minimum Gasteiger partial charge on any atom is -0.487 e. The Balaban J connectivity index is 1.47. The normalized spacial score (nSPS) is 11.2. The summed E-state index contributed by atoms with van der Waals surface area (Å²) in [6.07, 6.45) is -0.319. The van der Waals surface area contributed by atoms with Gasteiger partial charge in [0, 0.05) is 38.3 Å². The Morgan fingerprint density at radius 2 is 0.783 bits per heavy atom. The summed E-state index contributed by atoms with van der Waals surface area (Å²) in [6.45, 7) is 6.81. The SMILES string of the molecule is COCCOCCOCCOc1cc(-c2ccc(C(=O)CC(=O)c3ccc(-c4ccccc4)[nH]3)[nH]2)cc(OCCOCCOCCOC)c1OCCOCCOCCOC. The summed E-state index contributed by atoms with van der Waals surface area (Å²) in [6, 6.07) is 20.2. The van der Waals surface area contributed by atoms with Crippen LogP contribution in [0.4, 0.5) is 0 Å². The first-order valence-electron chi connectivity index (χ1n) is 20.0. The Morgan fingerprint density at radius 3 is 1.20 bits per heavy atom. The van der Waals surface area contributed by atoms with Crippen LogP contribution in [0.1, 0.15) is 27.4 Å². The van der Waals surface area contributed by atoms with E-state index < -0.39 is 0 Å². The minimum atomic E-state index is -0.356. The van der Waals surface area contributed by atoms with Crippen molar-refractivity contribution in [2.24, 2.45) is 0 Å². The van der Waals surface area contributed by atoms with Crippen LogP contribution in [0.15, 0.2) is 66.7 Å². The van der Waals surface area contributed by atoms with Gasteiger partial charge in [0.15, 0.2) is 23.1 Å². The first-order valence-corrected chi connectivity index (χ1v) is 20.0. The van der Waals surface area contributed by atoms with Crippen molar-refractivity contribution in [1.82, 2.24) is 9.97 Å². The second-order valence-electron chi connectivity index (χ2n) is 13.0. The lowest BCUT2D eigenvalue weighted by atomic mass is 10.1. The summed E-state index contributed by atoms with van der Waals surface area (Å²) >= 11 is 0. The van der Waals surface area contributed by atoms with Gasteiger partial charge in [0.25, 0.3) is 0 Å². The molecule has 2 aromatic carbocycles. The van der Waals surface area contributed by atoms with E-state index in [1.165, 1.54) is 0 Å². The van der Waals surface area contributed by atoms with Crippen LogP contribution in [0.2, 0.25) is 0 Å². The zero-order valence-electron chi connectivity index (χ0n) is 35.0. The van der Waals surface area contributed by atoms with Crippen molar-refractivity contribution in [3.05, 3.63) is 78.1 Å². The molecule has 2 heterocycles. The molecule has 0 bridgehead atoms. The van der Waals surface area contributed by atoms with E-state index in [0.29, 0.717) is 113 Å². The minimum absolute atomic E-state index is 0.192. The molecule has 0 radical (unpaired) electrons. The number of H-pyrrole nitrogens is 2. The Hall–Kier alpha value is -4.62. The van der Waals surface area contributed by atoms with Crippen molar-refractivity contribution >= 4 is 11.6 Å². The highest BCUT2D eigenvalue weighted by Gasteiger charge is 2.21. The van der Waals surface area contributed by atoms with E-state index in [-0.39, 0.29) is 63.3 Å². The summed E-state index contributed by atoms with van der Waals surface area (Å²) < 4.78 is 67.3. The molecule has 0 saturated heterocycles. The monoisotopic (exact) mass is 840 g/mol. The Bertz CT molecular complexity index is 1720. The molecule has 0 saturated carbocycles. The third-order valence-electron chi connectivity index (χ3n) is 8.57. The van der Waals surface area contributed by atoms with Crippen LogP contribution in [-0.2, 0) is 42.6 Å². The first-order chi connectivity index (χ1) is 29.5. The van der Waals surface area contributed by atoms with Crippen LogP contribution in [0.5, 0.6) is 17.2 Å². The van der Waals surface area contributed by atoms with Crippen LogP contribution in [0, 0.1) is 0 Å². The van der Waals surface area contributed by atoms with Crippen LogP contribution in [-0.4, -0.2) is 162 Å². The zero-order chi connectivity index (χ0) is 42.5. The third-order valence-corrected chi connectivity index (χ3v) is 8.57. The standard InChI is InChI=1S/C44H60N2O14/c1-49-13-16-52-19-22-55-25-28-58-42-31-35(37-10-12-39(46-37)41(48)33-40(47)38-11-9-36(45-38)34-7-5-4-6-8-34)32-43(59-29-26-56-23-20-53-17-14-50-2)44(42)60-30-27-57-24-21-54-18-15-51-3/h4-12,31-32,45-46H,13-30,33H2,1-3H3. The van der Waals surface area contributed by atoms with Gasteiger partial charge in [-0.2, -0.15) is 0 Å². The highest BCUT2D eigenvalue weighted by Crippen LogP contribution is 2.42. The summed E-state index contributed by atoms with van der Waals surface area (Å²) in [5, 5.41) is 0. The van der Waals surface area contributed by atoms with E-state index in [4.69, 9.17) is 56.8 Å². The molecule has 4 aromatic rings. The summed E-state index contributed by atoms with van der Waals surface area (Å²) in [4.78, 5) is 32.9. The summed E-state index contributed by atoms with van der Waals surface area (Å²) in [7, 11) is 4.86. The lowest BCUT2D eigenvalue weighted by Crippen LogP contribution is -2.15. The van der Waals surface area contributed by atoms with E-state index in [0.717, 1.165) is 11.3 Å². The second kappa shape index (κ2) is 29.6. The topological polar surface area (TPSA) is 176 Å². The predicted octanol–water partition coefficient (Wildman–Crippen LogP) is 5.31. The molecule has 16 nitrogen and oxygen atoms in total. The van der Waals surface area contributed by atoms with Gasteiger partial charge >= 0.3 is 0 Å². The highest BCUT2D eigenvalue weighted by atomic mass is 16.6. The number of ether oxygens (including phenoxy) is 12. The lowest BCUT2D eigenvalue weighted by Gasteiger charge is -2.19. The fourth-order valence-electron chi connectivity index (χ4n) is 5.51. The molecule has 60 heavy (non-hydrogen) atoms. The summed E-state index contributed by atoms with van der Waals surface area (Å²) in [5.74, 6) is 0.457. The van der Waals surface area contributed by atoms with Crippen molar-refractivity contribution in [2.75, 3.05) is 140 Å². The molecule has 0 aliphatic carbocycles. The van der Waals surface area contributed by atoms with Crippen LogP contribution < -0.4 is 14.2 Å². The number of aromatic nitrogens is 2. The Labute approximate surface area is 351 Å². The maximum absolute atomic E-state index is 13.4. The van der Waals surface area contributed by atoms with Crippen LogP contribution in [0.3, 0.4) is 0 Å². The van der Waals surface area contributed by atoms with Crippen molar-refractivity contribution < 1.29 is 66.4 Å². The number of hydrogen-bond acceptors (Lipinski definition) is 14. The molecule has 0 fully saturated rings. The number of carbonyl (C=O) groups is 2. The quantitative estimate of drug-likeness (QED) is 0.0343. The van der Waals surface area contributed by atoms with Gasteiger partial charge in [-0.05, 0) is 42.0 Å². The van der Waals surface area contributed by atoms with Gasteiger partial charge in [-0.1, -0.05) is 30.3 Å². The number of Topliss-reactive ketones (excluding diaryl/α,β-unsaturated/α-hetero) is 2. The van der Waals surface area contributed by atoms with Gasteiger partial charge in [0.2, 0.25) is 5.75 Å². The van der Waals surface area contributed by atoms with Crippen LogP contribution in [0.25, 0.3) is 22.5 Å². The second-order valence-corrected chi connectivity index (χ2v) is 13.0. The molecule has 0 amide bonds. The van der Waals surface area contributed by atoms with Gasteiger partial charge in [-0.25, -0.2) is 0 Å². The molecule has 4 rings (SSSR count). The van der Waals surface area contributed by atoms with Crippen LogP contribution >= 0.6 is 0 Å². The first kappa shape index (κ1) is 48.1. The van der Waals surface area contributed by atoms with E-state index >= 15 is 0 Å². The number of aromatic amines is 2. The number of nitrogens with one attached hydrogen (secondary N) is 2. The number of ketones is 2. The van der Waals surface area contributed by atoms with E-state index in [1.807, 2.05) is 36.4 Å². The fraction of sp³-hybridized carbons (Fsp3) is 0.500. The highest BCUT2D eigenvalue weighted by molar-refractivity contribution is 6.12. The smallest absolute Gasteiger partial charge is 0.203 e. The molecule has 2 N–H and O–H groups in total. The van der Waals surface area contributed by atoms with Crippen molar-refractivity contribution in [1.29, 1.82) is 0 Å². The average Bonchev–Trinajstić information content (AvgIpc) is 3.97. The molecule has 330 valence electrons. The van der Waals surface area contributed by atoms with Gasteiger partial charge < -0.3 is 66.8 Å². The maximum atomic E-state index is 13.4. The average molecular weight is 841 g/mol. The van der Waals surface area contributed by atoms with Gasteiger partial charge in [0.1, 0.15) is 19.8 Å². The molecule has 0 aliphatic rings. The predicted molar refractivity (Wildman–Crippen MR) is 223 cm³/mol. The lowest BCUT2D eigenvalue weighted by molar-refractivity contribution is 0.0146. The maximum Gasteiger partial charge on any atom is 0.203 e. The number of methoxy groups -OCH3 is 3. The largest absolute Gasteiger partial charge is 0.487 e. The fourth-order valence-corrected chi connectivity index (χ4v) is 5.51. The van der Waals surface area contributed by atoms with Crippen molar-refractivity contribution in [2.45, 2.75) is 6.42 Å². The van der Waals surface area contributed by atoms with E-state index in [2.05, 4.69) is 9.97 Å². The third kappa shape index (κ3) is 17.9. The molecular weight excluding hydrogens is 780 g/mol. The summed E-state index contributed by atoms with van der Waals surface area (Å²) in [5.41, 5.74) is 3.63. The number of carbonyl (C=O) groups excluding carboxylic acids is 2. The molecule has 0 spiro atoms. The molecule has 0 atom stereocenters. The molecular formula is C44H60N2O14. The van der Waals surface area contributed by atoms with Gasteiger partial charge in [-0.15, -0.1) is 0 Å². The number of benzene rings is 2.